The van der Waals surface area contributed by atoms with Crippen molar-refractivity contribution < 1.29 is 8.42 Å². The number of pyridine rings is 1. The van der Waals surface area contributed by atoms with Gasteiger partial charge in [-0.25, -0.2) is 18.1 Å². The standard InChI is InChI=1S/C15H25N3O2S/c1-3-8-16-14-5-4-9-17-15(14)21(19,20)18-11-13-7-6-12(2)10-13/h4-5,9,12-13,16,18H,3,6-8,10-11H2,1-2H3. The van der Waals surface area contributed by atoms with Crippen molar-refractivity contribution in [3.05, 3.63) is 18.3 Å². The minimum Gasteiger partial charge on any atom is -0.383 e. The zero-order valence-corrected chi connectivity index (χ0v) is 13.6. The molecule has 0 bridgehead atoms. The molecular formula is C15H25N3O2S. The van der Waals surface area contributed by atoms with Gasteiger partial charge >= 0.3 is 0 Å². The second-order valence-corrected chi connectivity index (χ2v) is 7.60. The van der Waals surface area contributed by atoms with Crippen molar-refractivity contribution >= 4 is 15.7 Å². The van der Waals surface area contributed by atoms with Crippen LogP contribution in [0.2, 0.25) is 0 Å². The zero-order chi connectivity index (χ0) is 15.3. The molecule has 6 heteroatoms. The van der Waals surface area contributed by atoms with Gasteiger partial charge < -0.3 is 5.32 Å². The summed E-state index contributed by atoms with van der Waals surface area (Å²) in [7, 11) is -3.55. The second kappa shape index (κ2) is 7.22. The van der Waals surface area contributed by atoms with E-state index in [4.69, 9.17) is 0 Å². The molecule has 5 nitrogen and oxygen atoms in total. The summed E-state index contributed by atoms with van der Waals surface area (Å²) in [6.45, 7) is 5.50. The Morgan fingerprint density at radius 2 is 2.19 bits per heavy atom. The summed E-state index contributed by atoms with van der Waals surface area (Å²) in [5.74, 6) is 1.15. The summed E-state index contributed by atoms with van der Waals surface area (Å²) in [5, 5.41) is 3.22. The molecule has 2 N–H and O–H groups in total. The van der Waals surface area contributed by atoms with Crippen LogP contribution in [0.3, 0.4) is 0 Å². The first kappa shape index (κ1) is 16.2. The zero-order valence-electron chi connectivity index (χ0n) is 12.8. The number of rotatable bonds is 7. The lowest BCUT2D eigenvalue weighted by atomic mass is 10.1. The number of aromatic nitrogens is 1. The van der Waals surface area contributed by atoms with Gasteiger partial charge in [0.1, 0.15) is 0 Å². The number of nitrogens with one attached hydrogen (secondary N) is 2. The minimum atomic E-state index is -3.55. The molecule has 0 amide bonds. The maximum Gasteiger partial charge on any atom is 0.260 e. The molecular weight excluding hydrogens is 286 g/mol. The van der Waals surface area contributed by atoms with Gasteiger partial charge in [-0.05, 0) is 43.2 Å². The molecule has 118 valence electrons. The maximum absolute atomic E-state index is 12.4. The number of hydrogen-bond acceptors (Lipinski definition) is 4. The van der Waals surface area contributed by atoms with Crippen LogP contribution in [0.5, 0.6) is 0 Å². The maximum atomic E-state index is 12.4. The molecule has 1 saturated carbocycles. The fraction of sp³-hybridized carbons (Fsp3) is 0.667. The SMILES string of the molecule is CCCNc1cccnc1S(=O)(=O)NCC1CCC(C)C1. The van der Waals surface area contributed by atoms with Crippen LogP contribution in [0, 0.1) is 11.8 Å². The fourth-order valence-corrected chi connectivity index (χ4v) is 4.03. The molecule has 1 aliphatic carbocycles. The van der Waals surface area contributed by atoms with E-state index in [0.29, 0.717) is 24.1 Å². The highest BCUT2D eigenvalue weighted by atomic mass is 32.2. The van der Waals surface area contributed by atoms with Crippen LogP contribution in [0.25, 0.3) is 0 Å². The minimum absolute atomic E-state index is 0.101. The Labute approximate surface area is 127 Å². The molecule has 0 radical (unpaired) electrons. The van der Waals surface area contributed by atoms with Gasteiger partial charge in [0.15, 0.2) is 5.03 Å². The van der Waals surface area contributed by atoms with E-state index in [0.717, 1.165) is 25.8 Å². The van der Waals surface area contributed by atoms with Gasteiger partial charge in [0, 0.05) is 19.3 Å². The highest BCUT2D eigenvalue weighted by Crippen LogP contribution is 2.30. The van der Waals surface area contributed by atoms with Crippen LogP contribution < -0.4 is 10.0 Å². The van der Waals surface area contributed by atoms with Gasteiger partial charge in [0.05, 0.1) is 5.69 Å². The number of sulfonamides is 1. The van der Waals surface area contributed by atoms with Gasteiger partial charge in [0.2, 0.25) is 0 Å². The molecule has 1 fully saturated rings. The summed E-state index contributed by atoms with van der Waals surface area (Å²) >= 11 is 0. The molecule has 1 aromatic rings. The quantitative estimate of drug-likeness (QED) is 0.812. The van der Waals surface area contributed by atoms with E-state index in [1.54, 1.807) is 12.1 Å². The Balaban J connectivity index is 2.05. The van der Waals surface area contributed by atoms with E-state index in [2.05, 4.69) is 21.9 Å². The largest absolute Gasteiger partial charge is 0.383 e. The van der Waals surface area contributed by atoms with Crippen LogP contribution in [0.15, 0.2) is 23.4 Å². The smallest absolute Gasteiger partial charge is 0.260 e. The molecule has 21 heavy (non-hydrogen) atoms. The summed E-state index contributed by atoms with van der Waals surface area (Å²) < 4.78 is 27.6. The summed E-state index contributed by atoms with van der Waals surface area (Å²) in [6.07, 6.45) is 5.85. The van der Waals surface area contributed by atoms with Crippen molar-refractivity contribution in [2.75, 3.05) is 18.4 Å². The van der Waals surface area contributed by atoms with E-state index >= 15 is 0 Å². The first-order valence-corrected chi connectivity index (χ1v) is 9.19. The summed E-state index contributed by atoms with van der Waals surface area (Å²) in [4.78, 5) is 4.05. The van der Waals surface area contributed by atoms with Crippen LogP contribution in [0.1, 0.15) is 39.5 Å². The lowest BCUT2D eigenvalue weighted by Crippen LogP contribution is -2.30. The van der Waals surface area contributed by atoms with Crippen molar-refractivity contribution in [1.29, 1.82) is 0 Å². The van der Waals surface area contributed by atoms with E-state index in [9.17, 15) is 8.42 Å². The summed E-state index contributed by atoms with van der Waals surface area (Å²) in [5.41, 5.74) is 0.576. The van der Waals surface area contributed by atoms with Crippen LogP contribution in [-0.2, 0) is 10.0 Å². The fourth-order valence-electron chi connectivity index (χ4n) is 2.81. The average Bonchev–Trinajstić information content (AvgIpc) is 2.89. The van der Waals surface area contributed by atoms with Gasteiger partial charge in [-0.3, -0.25) is 0 Å². The Morgan fingerprint density at radius 3 is 2.86 bits per heavy atom. The molecule has 0 saturated heterocycles. The predicted octanol–water partition coefficient (Wildman–Crippen LogP) is 2.62. The average molecular weight is 311 g/mol. The highest BCUT2D eigenvalue weighted by Gasteiger charge is 2.25. The lowest BCUT2D eigenvalue weighted by molar-refractivity contribution is 0.497. The van der Waals surface area contributed by atoms with Crippen LogP contribution in [-0.4, -0.2) is 26.5 Å². The third kappa shape index (κ3) is 4.41. The van der Waals surface area contributed by atoms with Crippen molar-refractivity contribution in [2.45, 2.75) is 44.6 Å². The normalized spacial score (nSPS) is 22.4. The third-order valence-electron chi connectivity index (χ3n) is 3.96. The highest BCUT2D eigenvalue weighted by molar-refractivity contribution is 7.89. The lowest BCUT2D eigenvalue weighted by Gasteiger charge is -2.14. The topological polar surface area (TPSA) is 71.1 Å². The summed E-state index contributed by atoms with van der Waals surface area (Å²) in [6, 6.07) is 3.50. The van der Waals surface area contributed by atoms with Crippen LogP contribution in [0.4, 0.5) is 5.69 Å². The molecule has 2 atom stereocenters. The molecule has 1 heterocycles. The molecule has 0 spiro atoms. The number of nitrogens with zero attached hydrogens (tertiary/aromatic N) is 1. The Hall–Kier alpha value is -1.14. The van der Waals surface area contributed by atoms with Crippen molar-refractivity contribution in [3.63, 3.8) is 0 Å². The van der Waals surface area contributed by atoms with E-state index < -0.39 is 10.0 Å². The first-order chi connectivity index (χ1) is 10.0. The molecule has 2 unspecified atom stereocenters. The molecule has 1 aromatic heterocycles. The first-order valence-electron chi connectivity index (χ1n) is 7.71. The van der Waals surface area contributed by atoms with Gasteiger partial charge in [0.25, 0.3) is 10.0 Å². The predicted molar refractivity (Wildman–Crippen MR) is 84.7 cm³/mol. The van der Waals surface area contributed by atoms with Gasteiger partial charge in [-0.2, -0.15) is 0 Å². The van der Waals surface area contributed by atoms with E-state index in [1.807, 2.05) is 6.92 Å². The van der Waals surface area contributed by atoms with Crippen molar-refractivity contribution in [2.24, 2.45) is 11.8 Å². The Kier molecular flexibility index (Phi) is 5.58. The van der Waals surface area contributed by atoms with Crippen molar-refractivity contribution in [1.82, 2.24) is 9.71 Å². The monoisotopic (exact) mass is 311 g/mol. The second-order valence-electron chi connectivity index (χ2n) is 5.92. The third-order valence-corrected chi connectivity index (χ3v) is 5.34. The van der Waals surface area contributed by atoms with Gasteiger partial charge in [-0.1, -0.05) is 20.3 Å². The van der Waals surface area contributed by atoms with Gasteiger partial charge in [-0.15, -0.1) is 0 Å². The van der Waals surface area contributed by atoms with E-state index in [-0.39, 0.29) is 5.03 Å². The molecule has 0 aliphatic heterocycles. The molecule has 1 aliphatic rings. The molecule has 2 rings (SSSR count). The van der Waals surface area contributed by atoms with E-state index in [1.165, 1.54) is 12.6 Å². The number of anilines is 1. The number of hydrogen-bond donors (Lipinski definition) is 2. The van der Waals surface area contributed by atoms with Crippen LogP contribution >= 0.6 is 0 Å². The Bertz CT molecular complexity index is 560. The molecule has 0 aromatic carbocycles. The van der Waals surface area contributed by atoms with Crippen molar-refractivity contribution in [3.8, 4) is 0 Å². The Morgan fingerprint density at radius 1 is 1.38 bits per heavy atom.